The summed E-state index contributed by atoms with van der Waals surface area (Å²) >= 11 is 0. The van der Waals surface area contributed by atoms with Gasteiger partial charge in [-0.15, -0.1) is 0 Å². The Hall–Kier alpha value is -2.00. The second-order valence-corrected chi connectivity index (χ2v) is 5.73. The van der Waals surface area contributed by atoms with Crippen LogP contribution in [-0.4, -0.2) is 24.9 Å². The van der Waals surface area contributed by atoms with Crippen LogP contribution in [0.2, 0.25) is 0 Å². The standard InChI is InChI=1S/C11H12F2N4O2S/c12-8-5-7(14)6-9(11(8)13)20(18,19)17-2-1-10-15-3-4-16-10/h3-6,17H,1-2,14H2,(H,15,16). The number of anilines is 1. The van der Waals surface area contributed by atoms with Gasteiger partial charge >= 0.3 is 0 Å². The van der Waals surface area contributed by atoms with Gasteiger partial charge in [0.2, 0.25) is 10.0 Å². The van der Waals surface area contributed by atoms with Crippen LogP contribution in [0.15, 0.2) is 29.4 Å². The first kappa shape index (κ1) is 14.4. The molecule has 0 aliphatic heterocycles. The minimum Gasteiger partial charge on any atom is -0.399 e. The highest BCUT2D eigenvalue weighted by Gasteiger charge is 2.22. The molecule has 0 radical (unpaired) electrons. The molecule has 20 heavy (non-hydrogen) atoms. The van der Waals surface area contributed by atoms with Crippen LogP contribution < -0.4 is 10.5 Å². The Morgan fingerprint density at radius 3 is 2.75 bits per heavy atom. The van der Waals surface area contributed by atoms with Gasteiger partial charge in [-0.2, -0.15) is 0 Å². The summed E-state index contributed by atoms with van der Waals surface area (Å²) in [5.74, 6) is -2.19. The molecule has 9 heteroatoms. The van der Waals surface area contributed by atoms with Gasteiger partial charge in [0.05, 0.1) is 0 Å². The lowest BCUT2D eigenvalue weighted by molar-refractivity contribution is 0.484. The molecule has 0 aliphatic rings. The molecule has 0 saturated carbocycles. The monoisotopic (exact) mass is 302 g/mol. The summed E-state index contributed by atoms with van der Waals surface area (Å²) in [6.45, 7) is -0.00823. The maximum Gasteiger partial charge on any atom is 0.243 e. The van der Waals surface area contributed by atoms with Crippen molar-refractivity contribution in [2.45, 2.75) is 11.3 Å². The highest BCUT2D eigenvalue weighted by atomic mass is 32.2. The number of sulfonamides is 1. The topological polar surface area (TPSA) is 101 Å². The molecular weight excluding hydrogens is 290 g/mol. The number of nitrogens with two attached hydrogens (primary N) is 1. The van der Waals surface area contributed by atoms with Gasteiger partial charge in [0.1, 0.15) is 10.7 Å². The van der Waals surface area contributed by atoms with Crippen LogP contribution in [0.5, 0.6) is 0 Å². The fourth-order valence-electron chi connectivity index (χ4n) is 1.60. The highest BCUT2D eigenvalue weighted by Crippen LogP contribution is 2.20. The molecule has 0 spiro atoms. The van der Waals surface area contributed by atoms with E-state index in [9.17, 15) is 17.2 Å². The maximum atomic E-state index is 13.5. The Balaban J connectivity index is 2.14. The van der Waals surface area contributed by atoms with Crippen LogP contribution in [0, 0.1) is 11.6 Å². The smallest absolute Gasteiger partial charge is 0.243 e. The van der Waals surface area contributed by atoms with E-state index in [2.05, 4.69) is 14.7 Å². The summed E-state index contributed by atoms with van der Waals surface area (Å²) in [7, 11) is -4.18. The SMILES string of the molecule is Nc1cc(F)c(F)c(S(=O)(=O)NCCc2ncc[nH]2)c1. The molecule has 0 saturated heterocycles. The second kappa shape index (κ2) is 5.55. The molecule has 2 aromatic rings. The molecule has 0 atom stereocenters. The summed E-state index contributed by atoms with van der Waals surface area (Å²) < 4.78 is 52.6. The molecule has 0 fully saturated rings. The maximum absolute atomic E-state index is 13.5. The fourth-order valence-corrected chi connectivity index (χ4v) is 2.75. The average Bonchev–Trinajstić information content (AvgIpc) is 2.86. The Bertz CT molecular complexity index is 701. The molecule has 1 aromatic heterocycles. The first-order valence-electron chi connectivity index (χ1n) is 5.62. The summed E-state index contributed by atoms with van der Waals surface area (Å²) in [5, 5.41) is 0. The molecule has 2 rings (SSSR count). The number of hydrogen-bond donors (Lipinski definition) is 3. The third kappa shape index (κ3) is 3.11. The van der Waals surface area contributed by atoms with E-state index < -0.39 is 26.6 Å². The first-order chi connectivity index (χ1) is 9.40. The van der Waals surface area contributed by atoms with E-state index in [4.69, 9.17) is 5.73 Å². The Kier molecular flexibility index (Phi) is 4.00. The van der Waals surface area contributed by atoms with Crippen molar-refractivity contribution in [2.24, 2.45) is 0 Å². The van der Waals surface area contributed by atoms with Crippen LogP contribution in [0.3, 0.4) is 0 Å². The van der Waals surface area contributed by atoms with E-state index in [0.717, 1.165) is 12.1 Å². The molecule has 1 aromatic carbocycles. The predicted molar refractivity (Wildman–Crippen MR) is 68.3 cm³/mol. The summed E-state index contributed by atoms with van der Waals surface area (Å²) in [5.41, 5.74) is 5.15. The zero-order valence-electron chi connectivity index (χ0n) is 10.2. The lowest BCUT2D eigenvalue weighted by Crippen LogP contribution is -2.27. The van der Waals surface area contributed by atoms with Crippen LogP contribution in [0.25, 0.3) is 0 Å². The van der Waals surface area contributed by atoms with E-state index in [-0.39, 0.29) is 12.2 Å². The first-order valence-corrected chi connectivity index (χ1v) is 7.11. The zero-order chi connectivity index (χ0) is 14.8. The molecule has 0 amide bonds. The fraction of sp³-hybridized carbons (Fsp3) is 0.182. The van der Waals surface area contributed by atoms with Gasteiger partial charge < -0.3 is 10.7 Å². The van der Waals surface area contributed by atoms with Crippen molar-refractivity contribution >= 4 is 15.7 Å². The molecule has 6 nitrogen and oxygen atoms in total. The molecule has 0 bridgehead atoms. The van der Waals surface area contributed by atoms with Crippen LogP contribution in [0.1, 0.15) is 5.82 Å². The number of halogens is 2. The summed E-state index contributed by atoms with van der Waals surface area (Å²) in [4.78, 5) is 5.89. The number of rotatable bonds is 5. The van der Waals surface area contributed by atoms with E-state index in [1.165, 1.54) is 6.20 Å². The van der Waals surface area contributed by atoms with Gasteiger partial charge in [-0.1, -0.05) is 0 Å². The number of imidazole rings is 1. The predicted octanol–water partition coefficient (Wildman–Crippen LogP) is 0.791. The lowest BCUT2D eigenvalue weighted by atomic mass is 10.3. The third-order valence-corrected chi connectivity index (χ3v) is 3.98. The number of hydrogen-bond acceptors (Lipinski definition) is 4. The molecule has 4 N–H and O–H groups in total. The number of aromatic amines is 1. The van der Waals surface area contributed by atoms with Crippen molar-refractivity contribution in [1.82, 2.24) is 14.7 Å². The molecule has 108 valence electrons. The van der Waals surface area contributed by atoms with E-state index >= 15 is 0 Å². The normalized spacial score (nSPS) is 11.7. The van der Waals surface area contributed by atoms with Gasteiger partial charge in [-0.3, -0.25) is 0 Å². The van der Waals surface area contributed by atoms with Crippen molar-refractivity contribution in [1.29, 1.82) is 0 Å². The van der Waals surface area contributed by atoms with Crippen molar-refractivity contribution in [2.75, 3.05) is 12.3 Å². The van der Waals surface area contributed by atoms with Gasteiger partial charge in [0, 0.05) is 31.0 Å². The van der Waals surface area contributed by atoms with Crippen LogP contribution in [0.4, 0.5) is 14.5 Å². The summed E-state index contributed by atoms with van der Waals surface area (Å²) in [6.07, 6.45) is 3.41. The van der Waals surface area contributed by atoms with Crippen molar-refractivity contribution < 1.29 is 17.2 Å². The van der Waals surface area contributed by atoms with E-state index in [1.54, 1.807) is 6.20 Å². The second-order valence-electron chi connectivity index (χ2n) is 4.00. The minimum absolute atomic E-state index is 0.00823. The van der Waals surface area contributed by atoms with E-state index in [0.29, 0.717) is 12.2 Å². The summed E-state index contributed by atoms with van der Waals surface area (Å²) in [6, 6.07) is 1.59. The Morgan fingerprint density at radius 1 is 1.35 bits per heavy atom. The largest absolute Gasteiger partial charge is 0.399 e. The van der Waals surface area contributed by atoms with Crippen LogP contribution in [-0.2, 0) is 16.4 Å². The number of H-pyrrole nitrogens is 1. The molecule has 0 aliphatic carbocycles. The van der Waals surface area contributed by atoms with Gasteiger partial charge in [0.15, 0.2) is 11.6 Å². The number of nitrogens with zero attached hydrogens (tertiary/aromatic N) is 1. The number of nitrogens with one attached hydrogen (secondary N) is 2. The highest BCUT2D eigenvalue weighted by molar-refractivity contribution is 7.89. The number of nitrogen functional groups attached to an aromatic ring is 1. The Labute approximate surface area is 114 Å². The van der Waals surface area contributed by atoms with Crippen molar-refractivity contribution in [3.8, 4) is 0 Å². The van der Waals surface area contributed by atoms with Gasteiger partial charge in [0.25, 0.3) is 0 Å². The number of aromatic nitrogens is 2. The molecular formula is C11H12F2N4O2S. The minimum atomic E-state index is -4.18. The zero-order valence-corrected chi connectivity index (χ0v) is 11.0. The van der Waals surface area contributed by atoms with Gasteiger partial charge in [-0.25, -0.2) is 26.9 Å². The van der Waals surface area contributed by atoms with Gasteiger partial charge in [-0.05, 0) is 12.1 Å². The van der Waals surface area contributed by atoms with Crippen molar-refractivity contribution in [3.05, 3.63) is 42.0 Å². The third-order valence-electron chi connectivity index (χ3n) is 2.52. The lowest BCUT2D eigenvalue weighted by Gasteiger charge is -2.08. The quantitative estimate of drug-likeness (QED) is 0.711. The van der Waals surface area contributed by atoms with Crippen molar-refractivity contribution in [3.63, 3.8) is 0 Å². The average molecular weight is 302 g/mol. The Morgan fingerprint density at radius 2 is 2.10 bits per heavy atom. The molecule has 0 unspecified atom stereocenters. The van der Waals surface area contributed by atoms with E-state index in [1.807, 2.05) is 0 Å². The number of benzene rings is 1. The van der Waals surface area contributed by atoms with Crippen LogP contribution >= 0.6 is 0 Å². The molecule has 1 heterocycles.